The first-order chi connectivity index (χ1) is 10.4. The van der Waals surface area contributed by atoms with Gasteiger partial charge in [-0.2, -0.15) is 0 Å². The maximum Gasteiger partial charge on any atom is 0.200 e. The molecular formula is C16H16O6. The first kappa shape index (κ1) is 13.3. The molecule has 4 atom stereocenters. The van der Waals surface area contributed by atoms with Crippen molar-refractivity contribution in [2.24, 2.45) is 11.8 Å². The Bertz CT molecular complexity index is 722. The number of phenolic OH excluding ortho intramolecular Hbond substituents is 2. The fourth-order valence-corrected chi connectivity index (χ4v) is 4.04. The number of aliphatic hydroxyl groups excluding tert-OH is 2. The van der Waals surface area contributed by atoms with Gasteiger partial charge in [-0.1, -0.05) is 6.07 Å². The van der Waals surface area contributed by atoms with E-state index in [2.05, 4.69) is 0 Å². The zero-order valence-electron chi connectivity index (χ0n) is 11.6. The van der Waals surface area contributed by atoms with Crippen molar-refractivity contribution in [1.29, 1.82) is 0 Å². The average Bonchev–Trinajstić information content (AvgIpc) is 2.75. The van der Waals surface area contributed by atoms with Gasteiger partial charge in [0.1, 0.15) is 12.2 Å². The Morgan fingerprint density at radius 1 is 1.05 bits per heavy atom. The number of ether oxygens (including phenoxy) is 1. The lowest BCUT2D eigenvalue weighted by molar-refractivity contribution is -0.0315. The van der Waals surface area contributed by atoms with E-state index in [0.717, 1.165) is 0 Å². The summed E-state index contributed by atoms with van der Waals surface area (Å²) >= 11 is 0. The van der Waals surface area contributed by atoms with Crippen LogP contribution in [0.4, 0.5) is 0 Å². The molecule has 1 aliphatic heterocycles. The molecule has 1 heterocycles. The quantitative estimate of drug-likeness (QED) is 0.468. The first-order valence-electron chi connectivity index (χ1n) is 7.12. The van der Waals surface area contributed by atoms with E-state index in [1.807, 2.05) is 0 Å². The maximum atomic E-state index is 10.9. The van der Waals surface area contributed by atoms with Crippen LogP contribution in [0.25, 0.3) is 0 Å². The summed E-state index contributed by atoms with van der Waals surface area (Å²) in [6.07, 6.45) is 3.48. The lowest BCUT2D eigenvalue weighted by Gasteiger charge is -2.38. The lowest BCUT2D eigenvalue weighted by Crippen LogP contribution is -2.43. The first-order valence-corrected chi connectivity index (χ1v) is 7.12. The third kappa shape index (κ3) is 1.58. The van der Waals surface area contributed by atoms with Gasteiger partial charge in [0, 0.05) is 11.5 Å². The minimum atomic E-state index is -1.15. The molecule has 3 aliphatic rings. The predicted octanol–water partition coefficient (Wildman–Crippen LogP) is 1.84. The van der Waals surface area contributed by atoms with E-state index in [9.17, 15) is 25.5 Å². The Balaban J connectivity index is 1.87. The highest BCUT2D eigenvalue weighted by Crippen LogP contribution is 2.59. The molecule has 1 saturated carbocycles. The van der Waals surface area contributed by atoms with Crippen LogP contribution >= 0.6 is 0 Å². The molecule has 6 nitrogen and oxygen atoms in total. The fourth-order valence-electron chi connectivity index (χ4n) is 4.04. The summed E-state index contributed by atoms with van der Waals surface area (Å²) < 4.78 is 5.49. The highest BCUT2D eigenvalue weighted by molar-refractivity contribution is 5.58. The van der Waals surface area contributed by atoms with Crippen LogP contribution in [0.1, 0.15) is 17.9 Å². The monoisotopic (exact) mass is 304 g/mol. The van der Waals surface area contributed by atoms with Gasteiger partial charge in [0.05, 0.1) is 0 Å². The molecule has 0 aromatic heterocycles. The van der Waals surface area contributed by atoms with Crippen molar-refractivity contribution in [3.63, 3.8) is 0 Å². The van der Waals surface area contributed by atoms with E-state index in [4.69, 9.17) is 4.74 Å². The summed E-state index contributed by atoms with van der Waals surface area (Å²) in [5, 5.41) is 50.0. The summed E-state index contributed by atoms with van der Waals surface area (Å²) in [7, 11) is 0. The molecule has 1 aromatic carbocycles. The van der Waals surface area contributed by atoms with E-state index >= 15 is 0 Å². The number of hydrogen-bond donors (Lipinski definition) is 5. The van der Waals surface area contributed by atoms with E-state index in [0.29, 0.717) is 12.0 Å². The van der Waals surface area contributed by atoms with Gasteiger partial charge in [0.15, 0.2) is 23.0 Å². The molecule has 0 bridgehead atoms. The summed E-state index contributed by atoms with van der Waals surface area (Å²) in [4.78, 5) is 0. The molecule has 1 aromatic rings. The second-order valence-electron chi connectivity index (χ2n) is 6.27. The predicted molar refractivity (Wildman–Crippen MR) is 76.0 cm³/mol. The standard InChI is InChI=1S/C16H16O6/c17-10-2-1-8-13-9-4-12(19)11(18)3-7(9)5-16(13,21)6-22-15(8)14(10)20/h1-4,7,9,13,17-21H,5-6H2. The number of phenols is 2. The number of rotatable bonds is 0. The Hall–Kier alpha value is -2.34. The fraction of sp³-hybridized carbons (Fsp3) is 0.375. The smallest absolute Gasteiger partial charge is 0.200 e. The van der Waals surface area contributed by atoms with Crippen LogP contribution in [-0.2, 0) is 0 Å². The zero-order valence-corrected chi connectivity index (χ0v) is 11.6. The normalized spacial score (nSPS) is 35.6. The summed E-state index contributed by atoms with van der Waals surface area (Å²) in [6.45, 7) is -0.0160. The van der Waals surface area contributed by atoms with Gasteiger partial charge < -0.3 is 30.3 Å². The Kier molecular flexibility index (Phi) is 2.49. The molecule has 22 heavy (non-hydrogen) atoms. The number of benzene rings is 1. The second-order valence-corrected chi connectivity index (χ2v) is 6.27. The Labute approximate surface area is 126 Å². The van der Waals surface area contributed by atoms with Crippen molar-refractivity contribution in [3.8, 4) is 17.2 Å². The minimum absolute atomic E-state index is 0.0160. The largest absolute Gasteiger partial charge is 0.504 e. The van der Waals surface area contributed by atoms with Crippen LogP contribution in [-0.4, -0.2) is 37.7 Å². The van der Waals surface area contributed by atoms with Crippen molar-refractivity contribution in [2.45, 2.75) is 17.9 Å². The molecule has 2 aliphatic carbocycles. The van der Waals surface area contributed by atoms with Crippen molar-refractivity contribution < 1.29 is 30.3 Å². The number of aliphatic hydroxyl groups is 3. The number of aromatic hydroxyl groups is 2. The Morgan fingerprint density at radius 3 is 2.55 bits per heavy atom. The molecule has 4 unspecified atom stereocenters. The molecule has 4 rings (SSSR count). The topological polar surface area (TPSA) is 110 Å². The van der Waals surface area contributed by atoms with Crippen LogP contribution in [0.2, 0.25) is 0 Å². The van der Waals surface area contributed by atoms with E-state index in [1.165, 1.54) is 6.07 Å². The third-order valence-corrected chi connectivity index (χ3v) is 4.97. The second kappa shape index (κ2) is 4.10. The van der Waals surface area contributed by atoms with Gasteiger partial charge >= 0.3 is 0 Å². The van der Waals surface area contributed by atoms with Crippen LogP contribution in [0, 0.1) is 11.8 Å². The molecule has 6 heteroatoms. The van der Waals surface area contributed by atoms with Crippen molar-refractivity contribution in [3.05, 3.63) is 41.4 Å². The number of hydrogen-bond acceptors (Lipinski definition) is 6. The summed E-state index contributed by atoms with van der Waals surface area (Å²) in [6, 6.07) is 2.97. The van der Waals surface area contributed by atoms with E-state index in [1.54, 1.807) is 18.2 Å². The highest BCUT2D eigenvalue weighted by Gasteiger charge is 2.56. The molecule has 0 saturated heterocycles. The molecule has 0 radical (unpaired) electrons. The summed E-state index contributed by atoms with van der Waals surface area (Å²) in [5.41, 5.74) is -0.556. The van der Waals surface area contributed by atoms with Gasteiger partial charge in [-0.3, -0.25) is 0 Å². The van der Waals surface area contributed by atoms with Gasteiger partial charge in [0.25, 0.3) is 0 Å². The lowest BCUT2D eigenvalue weighted by atomic mass is 9.76. The van der Waals surface area contributed by atoms with Crippen LogP contribution in [0.15, 0.2) is 35.8 Å². The van der Waals surface area contributed by atoms with Gasteiger partial charge in [0.2, 0.25) is 5.75 Å². The SMILES string of the molecule is OC1=CC2CC3(O)COc4c(ccc(O)c4O)C3C2C=C1O. The molecular weight excluding hydrogens is 288 g/mol. The van der Waals surface area contributed by atoms with Crippen molar-refractivity contribution in [1.82, 2.24) is 0 Å². The molecule has 0 spiro atoms. The van der Waals surface area contributed by atoms with Crippen LogP contribution < -0.4 is 4.74 Å². The average molecular weight is 304 g/mol. The van der Waals surface area contributed by atoms with Gasteiger partial charge in [-0.15, -0.1) is 0 Å². The van der Waals surface area contributed by atoms with Crippen molar-refractivity contribution in [2.75, 3.05) is 6.61 Å². The van der Waals surface area contributed by atoms with Gasteiger partial charge in [-0.05, 0) is 36.5 Å². The minimum Gasteiger partial charge on any atom is -0.504 e. The van der Waals surface area contributed by atoms with Gasteiger partial charge in [-0.25, -0.2) is 0 Å². The maximum absolute atomic E-state index is 10.9. The molecule has 1 fully saturated rings. The van der Waals surface area contributed by atoms with Crippen molar-refractivity contribution >= 4 is 0 Å². The van der Waals surface area contributed by atoms with Crippen LogP contribution in [0.5, 0.6) is 17.2 Å². The highest BCUT2D eigenvalue weighted by atomic mass is 16.5. The Morgan fingerprint density at radius 2 is 1.77 bits per heavy atom. The molecule has 5 N–H and O–H groups in total. The van der Waals surface area contributed by atoms with E-state index < -0.39 is 5.60 Å². The molecule has 116 valence electrons. The number of fused-ring (bicyclic) bond motifs is 5. The molecule has 0 amide bonds. The number of allylic oxidation sites excluding steroid dienone is 2. The third-order valence-electron chi connectivity index (χ3n) is 4.97. The van der Waals surface area contributed by atoms with Crippen LogP contribution in [0.3, 0.4) is 0 Å². The zero-order chi connectivity index (χ0) is 15.6. The van der Waals surface area contributed by atoms with E-state index in [-0.39, 0.29) is 53.1 Å². The summed E-state index contributed by atoms with van der Waals surface area (Å²) in [5.74, 6) is -1.58.